The Hall–Kier alpha value is -3.30. The smallest absolute Gasteiger partial charge is 0.350 e. The fourth-order valence-corrected chi connectivity index (χ4v) is 3.85. The third-order valence-corrected chi connectivity index (χ3v) is 5.43. The number of ether oxygens (including phenoxy) is 2. The molecule has 1 aliphatic rings. The van der Waals surface area contributed by atoms with Gasteiger partial charge in [-0.1, -0.05) is 23.4 Å². The third-order valence-electron chi connectivity index (χ3n) is 4.17. The van der Waals surface area contributed by atoms with E-state index < -0.39 is 22.8 Å². The van der Waals surface area contributed by atoms with E-state index in [4.69, 9.17) is 25.5 Å². The Labute approximate surface area is 178 Å². The van der Waals surface area contributed by atoms with Crippen molar-refractivity contribution < 1.29 is 23.6 Å². The molecule has 0 radical (unpaired) electrons. The molecule has 30 heavy (non-hydrogen) atoms. The van der Waals surface area contributed by atoms with Gasteiger partial charge in [0.05, 0.1) is 20.9 Å². The average Bonchev–Trinajstić information content (AvgIpc) is 2.70. The molecule has 10 heteroatoms. The van der Waals surface area contributed by atoms with Crippen LogP contribution in [0.5, 0.6) is 5.75 Å². The number of fused-ring (bicyclic) bond motifs is 3. The Balaban J connectivity index is 1.84. The van der Waals surface area contributed by atoms with Crippen LogP contribution in [0.25, 0.3) is 11.3 Å². The quantitative estimate of drug-likeness (QED) is 0.314. The molecular formula is C20H12ClNO7S. The van der Waals surface area contributed by atoms with E-state index >= 15 is 0 Å². The molecule has 2 heterocycles. The van der Waals surface area contributed by atoms with Crippen LogP contribution in [0.3, 0.4) is 0 Å². The summed E-state index contributed by atoms with van der Waals surface area (Å²) in [5.41, 5.74) is -0.344. The summed E-state index contributed by atoms with van der Waals surface area (Å²) in [6.45, 7) is 1.22. The topological polar surface area (TPSA) is 109 Å². The van der Waals surface area contributed by atoms with Gasteiger partial charge >= 0.3 is 11.6 Å². The molecule has 8 nitrogen and oxygen atoms in total. The number of hydrogen-bond acceptors (Lipinski definition) is 8. The largest absolute Gasteiger partial charge is 0.450 e. The Bertz CT molecular complexity index is 1220. The molecule has 0 spiro atoms. The zero-order chi connectivity index (χ0) is 21.4. The Morgan fingerprint density at radius 1 is 1.20 bits per heavy atom. The van der Waals surface area contributed by atoms with Crippen molar-refractivity contribution in [2.24, 2.45) is 0 Å². The van der Waals surface area contributed by atoms with Gasteiger partial charge in [-0.15, -0.1) is 0 Å². The number of hydrogen-bond donors (Lipinski definition) is 0. The summed E-state index contributed by atoms with van der Waals surface area (Å²) in [7, 11) is 0. The average molecular weight is 446 g/mol. The number of halogens is 1. The second-order valence-electron chi connectivity index (χ2n) is 6.24. The van der Waals surface area contributed by atoms with Crippen molar-refractivity contribution >= 4 is 35.0 Å². The summed E-state index contributed by atoms with van der Waals surface area (Å²) in [5.74, 6) is -0.355. The molecule has 3 aromatic rings. The van der Waals surface area contributed by atoms with E-state index in [-0.39, 0.29) is 33.2 Å². The van der Waals surface area contributed by atoms with E-state index in [0.717, 1.165) is 16.7 Å². The third kappa shape index (κ3) is 3.89. The van der Waals surface area contributed by atoms with E-state index in [2.05, 4.69) is 0 Å². The van der Waals surface area contributed by atoms with Crippen molar-refractivity contribution in [2.45, 2.75) is 23.0 Å². The highest BCUT2D eigenvalue weighted by Crippen LogP contribution is 2.45. The first-order valence-corrected chi connectivity index (χ1v) is 9.75. The summed E-state index contributed by atoms with van der Waals surface area (Å²) >= 11 is 7.03. The van der Waals surface area contributed by atoms with Gasteiger partial charge in [0.1, 0.15) is 5.75 Å². The molecular weight excluding hydrogens is 434 g/mol. The fraction of sp³-hybridized carbons (Fsp3) is 0.100. The number of esters is 1. The van der Waals surface area contributed by atoms with Crippen LogP contribution in [0.1, 0.15) is 18.8 Å². The van der Waals surface area contributed by atoms with Crippen LogP contribution in [0.4, 0.5) is 5.69 Å². The van der Waals surface area contributed by atoms with Crippen molar-refractivity contribution in [2.75, 3.05) is 0 Å². The van der Waals surface area contributed by atoms with Crippen LogP contribution >= 0.6 is 23.4 Å². The SMILES string of the molecule is CC(=O)OC1Oc2ccc([N+](=O)[O-])cc2-c2oc(=O)c(Sc3ccc(Cl)cc3)cc21. The summed E-state index contributed by atoms with van der Waals surface area (Å²) in [4.78, 5) is 35.7. The fourth-order valence-electron chi connectivity index (χ4n) is 2.88. The molecule has 0 fully saturated rings. The number of non-ortho nitro benzene ring substituents is 1. The number of carbonyl (C=O) groups excluding carboxylic acids is 1. The molecule has 0 N–H and O–H groups in total. The maximum absolute atomic E-state index is 12.6. The second kappa shape index (κ2) is 7.85. The van der Waals surface area contributed by atoms with E-state index in [9.17, 15) is 19.7 Å². The molecule has 1 aromatic heterocycles. The highest BCUT2D eigenvalue weighted by atomic mass is 35.5. The van der Waals surface area contributed by atoms with Crippen LogP contribution in [0, 0.1) is 10.1 Å². The first kappa shape index (κ1) is 20.0. The predicted octanol–water partition coefficient (Wildman–Crippen LogP) is 4.97. The zero-order valence-corrected chi connectivity index (χ0v) is 16.9. The van der Waals surface area contributed by atoms with Crippen molar-refractivity contribution in [3.63, 3.8) is 0 Å². The summed E-state index contributed by atoms with van der Waals surface area (Å²) in [5, 5.41) is 11.7. The Morgan fingerprint density at radius 2 is 1.93 bits per heavy atom. The summed E-state index contributed by atoms with van der Waals surface area (Å²) in [6.07, 6.45) is -1.17. The van der Waals surface area contributed by atoms with E-state index in [1.807, 2.05) is 0 Å². The van der Waals surface area contributed by atoms with Crippen LogP contribution < -0.4 is 10.4 Å². The Kier molecular flexibility index (Phi) is 5.23. The number of rotatable bonds is 4. The first-order valence-electron chi connectivity index (χ1n) is 8.56. The molecule has 1 aliphatic heterocycles. The summed E-state index contributed by atoms with van der Waals surface area (Å²) in [6, 6.07) is 12.2. The van der Waals surface area contributed by atoms with Gasteiger partial charge in [0, 0.05) is 29.0 Å². The van der Waals surface area contributed by atoms with E-state index in [1.54, 1.807) is 24.3 Å². The van der Waals surface area contributed by atoms with Gasteiger partial charge in [-0.05, 0) is 36.4 Å². The molecule has 0 bridgehead atoms. The lowest BCUT2D eigenvalue weighted by molar-refractivity contribution is -0.384. The van der Waals surface area contributed by atoms with Crippen LogP contribution in [-0.4, -0.2) is 10.9 Å². The number of nitro benzene ring substituents is 1. The first-order chi connectivity index (χ1) is 14.3. The van der Waals surface area contributed by atoms with Crippen LogP contribution in [-0.2, 0) is 9.53 Å². The second-order valence-corrected chi connectivity index (χ2v) is 7.79. The Morgan fingerprint density at radius 3 is 2.60 bits per heavy atom. The lowest BCUT2D eigenvalue weighted by Crippen LogP contribution is -2.21. The van der Waals surface area contributed by atoms with Crippen molar-refractivity contribution in [1.82, 2.24) is 0 Å². The number of nitrogens with zero attached hydrogens (tertiary/aromatic N) is 1. The molecule has 0 aliphatic carbocycles. The van der Waals surface area contributed by atoms with Crippen LogP contribution in [0.15, 0.2) is 67.5 Å². The molecule has 4 rings (SSSR count). The zero-order valence-electron chi connectivity index (χ0n) is 15.3. The number of benzene rings is 2. The highest BCUT2D eigenvalue weighted by Gasteiger charge is 2.33. The molecule has 2 aromatic carbocycles. The minimum absolute atomic E-state index is 0.0525. The molecule has 0 saturated carbocycles. The normalized spacial score (nSPS) is 14.3. The van der Waals surface area contributed by atoms with E-state index in [0.29, 0.717) is 5.02 Å². The minimum atomic E-state index is -1.17. The van der Waals surface area contributed by atoms with Gasteiger partial charge in [0.25, 0.3) is 12.0 Å². The highest BCUT2D eigenvalue weighted by molar-refractivity contribution is 7.99. The van der Waals surface area contributed by atoms with E-state index in [1.165, 1.54) is 31.2 Å². The van der Waals surface area contributed by atoms with Gasteiger partial charge in [-0.3, -0.25) is 14.9 Å². The lowest BCUT2D eigenvalue weighted by Gasteiger charge is -2.26. The monoisotopic (exact) mass is 445 g/mol. The van der Waals surface area contributed by atoms with Crippen molar-refractivity contribution in [1.29, 1.82) is 0 Å². The van der Waals surface area contributed by atoms with Crippen molar-refractivity contribution in [3.8, 4) is 17.1 Å². The summed E-state index contributed by atoms with van der Waals surface area (Å²) < 4.78 is 16.4. The minimum Gasteiger partial charge on any atom is -0.450 e. The van der Waals surface area contributed by atoms with Gasteiger partial charge in [0.15, 0.2) is 5.76 Å². The molecule has 0 saturated heterocycles. The molecule has 1 atom stereocenters. The molecule has 1 unspecified atom stereocenters. The van der Waals surface area contributed by atoms with Gasteiger partial charge in [-0.2, -0.15) is 0 Å². The number of nitro groups is 1. The standard InChI is InChI=1S/C20H12ClNO7S/c1-10(23)27-20-15-9-17(30-13-5-2-11(21)3-6-13)19(24)29-18(15)14-8-12(22(25)26)4-7-16(14)28-20/h2-9,20H,1H3. The van der Waals surface area contributed by atoms with Crippen LogP contribution in [0.2, 0.25) is 5.02 Å². The van der Waals surface area contributed by atoms with Crippen molar-refractivity contribution in [3.05, 3.63) is 79.7 Å². The van der Waals surface area contributed by atoms with Gasteiger partial charge in [0.2, 0.25) is 0 Å². The van der Waals surface area contributed by atoms with Gasteiger partial charge < -0.3 is 13.9 Å². The molecule has 152 valence electrons. The maximum atomic E-state index is 12.6. The maximum Gasteiger partial charge on any atom is 0.350 e. The van der Waals surface area contributed by atoms with Gasteiger partial charge in [-0.25, -0.2) is 4.79 Å². The predicted molar refractivity (Wildman–Crippen MR) is 108 cm³/mol. The number of carbonyl (C=O) groups is 1. The molecule has 0 amide bonds. The lowest BCUT2D eigenvalue weighted by atomic mass is 10.0.